The lowest BCUT2D eigenvalue weighted by Crippen LogP contribution is -2.16. The van der Waals surface area contributed by atoms with Crippen LogP contribution in [0.1, 0.15) is 25.0 Å². The van der Waals surface area contributed by atoms with Crippen LogP contribution in [0.5, 0.6) is 0 Å². The van der Waals surface area contributed by atoms with E-state index in [9.17, 15) is 0 Å². The molecule has 0 fully saturated rings. The highest BCUT2D eigenvalue weighted by Crippen LogP contribution is 2.51. The lowest BCUT2D eigenvalue weighted by molar-refractivity contribution is 0.660. The summed E-state index contributed by atoms with van der Waals surface area (Å²) in [6.07, 6.45) is 0. The topological polar surface area (TPSA) is 55.1 Å². The number of aromatic nitrogens is 3. The van der Waals surface area contributed by atoms with Crippen LogP contribution in [0.3, 0.4) is 0 Å². The zero-order valence-corrected chi connectivity index (χ0v) is 34.8. The molecule has 5 nitrogen and oxygen atoms in total. The second kappa shape index (κ2) is 14.5. The number of furan rings is 1. The Labute approximate surface area is 365 Å². The number of benzene rings is 9. The van der Waals surface area contributed by atoms with Gasteiger partial charge in [0.15, 0.2) is 17.5 Å². The molecule has 0 radical (unpaired) electrons. The molecule has 12 rings (SSSR count). The summed E-state index contributed by atoms with van der Waals surface area (Å²) < 4.78 is 6.71. The first kappa shape index (κ1) is 36.7. The molecular weight excluding hydrogens is 769 g/mol. The van der Waals surface area contributed by atoms with E-state index in [-0.39, 0.29) is 5.41 Å². The molecular formula is C58H40N4O. The second-order valence-corrected chi connectivity index (χ2v) is 16.8. The summed E-state index contributed by atoms with van der Waals surface area (Å²) in [4.78, 5) is 17.5. The molecule has 1 aliphatic carbocycles. The SMILES string of the molecule is CC1(C)c2ccccc2-c2ccc(N(c3ccccc3)c3ccc4c(c3)oc3cccc(-c5ccc(-c6nc(-c7ccccc7)nc(-c7cccc8ccccc78)n6)cc5)c34)cc21. The molecule has 2 aromatic heterocycles. The Morgan fingerprint density at radius 2 is 0.968 bits per heavy atom. The van der Waals surface area contributed by atoms with E-state index >= 15 is 0 Å². The average Bonchev–Trinajstić information content (AvgIpc) is 3.83. The van der Waals surface area contributed by atoms with Gasteiger partial charge in [-0.3, -0.25) is 0 Å². The van der Waals surface area contributed by atoms with Crippen molar-refractivity contribution in [1.29, 1.82) is 0 Å². The lowest BCUT2D eigenvalue weighted by atomic mass is 9.82. The van der Waals surface area contributed by atoms with Gasteiger partial charge < -0.3 is 9.32 Å². The summed E-state index contributed by atoms with van der Waals surface area (Å²) in [7, 11) is 0. The van der Waals surface area contributed by atoms with Gasteiger partial charge in [0.2, 0.25) is 0 Å². The molecule has 0 amide bonds. The fourth-order valence-corrected chi connectivity index (χ4v) is 9.61. The van der Waals surface area contributed by atoms with Gasteiger partial charge in [0.05, 0.1) is 0 Å². The Kier molecular flexibility index (Phi) is 8.44. The molecule has 63 heavy (non-hydrogen) atoms. The Bertz CT molecular complexity index is 3530. The Balaban J connectivity index is 0.933. The van der Waals surface area contributed by atoms with Crippen LogP contribution in [0.15, 0.2) is 211 Å². The monoisotopic (exact) mass is 808 g/mol. The van der Waals surface area contributed by atoms with E-state index in [0.717, 1.165) is 77.6 Å². The highest BCUT2D eigenvalue weighted by molar-refractivity contribution is 6.13. The third-order valence-corrected chi connectivity index (χ3v) is 12.7. The summed E-state index contributed by atoms with van der Waals surface area (Å²) in [5.74, 6) is 1.90. The predicted molar refractivity (Wildman–Crippen MR) is 259 cm³/mol. The highest BCUT2D eigenvalue weighted by Gasteiger charge is 2.35. The maximum Gasteiger partial charge on any atom is 0.164 e. The third kappa shape index (κ3) is 6.12. The summed E-state index contributed by atoms with van der Waals surface area (Å²) in [5.41, 5.74) is 15.1. The first-order chi connectivity index (χ1) is 31.0. The van der Waals surface area contributed by atoms with Crippen LogP contribution in [-0.4, -0.2) is 15.0 Å². The van der Waals surface area contributed by atoms with Gasteiger partial charge in [-0.15, -0.1) is 0 Å². The third-order valence-electron chi connectivity index (χ3n) is 12.7. The maximum atomic E-state index is 6.71. The van der Waals surface area contributed by atoms with Crippen LogP contribution in [0.2, 0.25) is 0 Å². The number of nitrogens with zero attached hydrogens (tertiary/aromatic N) is 4. The van der Waals surface area contributed by atoms with Crippen LogP contribution < -0.4 is 4.90 Å². The van der Waals surface area contributed by atoms with E-state index in [4.69, 9.17) is 19.4 Å². The Morgan fingerprint density at radius 1 is 0.381 bits per heavy atom. The number of hydrogen-bond acceptors (Lipinski definition) is 5. The van der Waals surface area contributed by atoms with Gasteiger partial charge >= 0.3 is 0 Å². The minimum Gasteiger partial charge on any atom is -0.456 e. The molecule has 298 valence electrons. The predicted octanol–water partition coefficient (Wildman–Crippen LogP) is 15.4. The molecule has 0 unspecified atom stereocenters. The molecule has 0 aliphatic heterocycles. The second-order valence-electron chi connectivity index (χ2n) is 16.8. The van der Waals surface area contributed by atoms with Crippen LogP contribution in [0, 0.1) is 0 Å². The zero-order valence-electron chi connectivity index (χ0n) is 34.8. The van der Waals surface area contributed by atoms with Crippen molar-refractivity contribution in [2.45, 2.75) is 19.3 Å². The van der Waals surface area contributed by atoms with Crippen molar-refractivity contribution in [2.75, 3.05) is 4.90 Å². The molecule has 2 heterocycles. The number of anilines is 3. The fourth-order valence-electron chi connectivity index (χ4n) is 9.61. The van der Waals surface area contributed by atoms with Crippen molar-refractivity contribution >= 4 is 49.8 Å². The smallest absolute Gasteiger partial charge is 0.164 e. The van der Waals surface area contributed by atoms with Crippen LogP contribution in [0.25, 0.3) is 89.1 Å². The molecule has 0 saturated carbocycles. The van der Waals surface area contributed by atoms with Crippen molar-refractivity contribution in [2.24, 2.45) is 0 Å². The quantitative estimate of drug-likeness (QED) is 0.160. The van der Waals surface area contributed by atoms with Gasteiger partial charge in [0.1, 0.15) is 11.2 Å². The number of rotatable bonds is 7. The van der Waals surface area contributed by atoms with E-state index in [1.54, 1.807) is 0 Å². The maximum absolute atomic E-state index is 6.71. The summed E-state index contributed by atoms with van der Waals surface area (Å²) in [6, 6.07) is 72.5. The number of hydrogen-bond donors (Lipinski definition) is 0. The molecule has 0 bridgehead atoms. The minimum atomic E-state index is -0.113. The van der Waals surface area contributed by atoms with E-state index in [1.165, 1.54) is 22.3 Å². The average molecular weight is 809 g/mol. The van der Waals surface area contributed by atoms with Crippen molar-refractivity contribution in [3.8, 4) is 56.4 Å². The molecule has 9 aromatic carbocycles. The standard InChI is InChI=1S/C58H40N4O/c1-58(2)50-25-12-11-22-46(50)47-33-31-42(35-51(47)58)62(41-19-7-4-8-20-41)43-32-34-49-53(36-43)63-52-26-14-23-45(54(49)52)38-27-29-40(30-28-38)56-59-55(39-16-5-3-6-17-39)60-57(61-56)48-24-13-18-37-15-9-10-21-44(37)48/h3-36H,1-2H3. The fraction of sp³-hybridized carbons (Fsp3) is 0.0517. The minimum absolute atomic E-state index is 0.113. The molecule has 0 saturated heterocycles. The van der Waals surface area contributed by atoms with Crippen molar-refractivity contribution in [3.63, 3.8) is 0 Å². The highest BCUT2D eigenvalue weighted by atomic mass is 16.3. The molecule has 0 atom stereocenters. The molecule has 5 heteroatoms. The van der Waals surface area contributed by atoms with Gasteiger partial charge in [-0.05, 0) is 86.6 Å². The summed E-state index contributed by atoms with van der Waals surface area (Å²) in [5, 5.41) is 4.39. The Hall–Kier alpha value is -8.15. The van der Waals surface area contributed by atoms with E-state index in [0.29, 0.717) is 17.5 Å². The van der Waals surface area contributed by atoms with Crippen LogP contribution in [0.4, 0.5) is 17.1 Å². The van der Waals surface area contributed by atoms with Crippen molar-refractivity contribution < 1.29 is 4.42 Å². The zero-order chi connectivity index (χ0) is 42.1. The number of fused-ring (bicyclic) bond motifs is 7. The molecule has 1 aliphatic rings. The van der Waals surface area contributed by atoms with E-state index < -0.39 is 0 Å². The lowest BCUT2D eigenvalue weighted by Gasteiger charge is -2.28. The van der Waals surface area contributed by atoms with Gasteiger partial charge in [0, 0.05) is 56.0 Å². The van der Waals surface area contributed by atoms with Gasteiger partial charge in [-0.1, -0.05) is 172 Å². The molecule has 11 aromatic rings. The molecule has 0 N–H and O–H groups in total. The van der Waals surface area contributed by atoms with Crippen LogP contribution in [-0.2, 0) is 5.41 Å². The summed E-state index contributed by atoms with van der Waals surface area (Å²) >= 11 is 0. The molecule has 0 spiro atoms. The van der Waals surface area contributed by atoms with Gasteiger partial charge in [-0.25, -0.2) is 15.0 Å². The normalized spacial score (nSPS) is 12.7. The van der Waals surface area contributed by atoms with Gasteiger partial charge in [0.25, 0.3) is 0 Å². The number of para-hydroxylation sites is 1. The van der Waals surface area contributed by atoms with E-state index in [1.807, 2.05) is 30.3 Å². The first-order valence-corrected chi connectivity index (χ1v) is 21.4. The summed E-state index contributed by atoms with van der Waals surface area (Å²) in [6.45, 7) is 4.66. The van der Waals surface area contributed by atoms with Crippen LogP contribution >= 0.6 is 0 Å². The van der Waals surface area contributed by atoms with Crippen molar-refractivity contribution in [3.05, 3.63) is 217 Å². The van der Waals surface area contributed by atoms with Crippen molar-refractivity contribution in [1.82, 2.24) is 15.0 Å². The van der Waals surface area contributed by atoms with Gasteiger partial charge in [-0.2, -0.15) is 0 Å². The first-order valence-electron chi connectivity index (χ1n) is 21.4. The Morgan fingerprint density at radius 3 is 1.79 bits per heavy atom. The largest absolute Gasteiger partial charge is 0.456 e. The van der Waals surface area contributed by atoms with E-state index in [2.05, 4.69) is 195 Å².